The Hall–Kier alpha value is -3.57. The number of fused-ring (bicyclic) bond motifs is 1. The molecule has 1 fully saturated rings. The number of pyridine rings is 1. The number of benzene rings is 1. The summed E-state index contributed by atoms with van der Waals surface area (Å²) in [5.74, 6) is -0.647. The number of likely N-dealkylation sites (tertiary alicyclic amines) is 1. The maximum atomic E-state index is 13.8. The van der Waals surface area contributed by atoms with Crippen LogP contribution in [0.2, 0.25) is 0 Å². The summed E-state index contributed by atoms with van der Waals surface area (Å²) in [5, 5.41) is 10.6. The number of hydrogen-bond acceptors (Lipinski definition) is 8. The van der Waals surface area contributed by atoms with Crippen molar-refractivity contribution < 1.29 is 28.9 Å². The highest BCUT2D eigenvalue weighted by atomic mass is 16.7. The predicted octanol–water partition coefficient (Wildman–Crippen LogP) is 3.12. The first-order valence-corrected chi connectivity index (χ1v) is 15.3. The molecule has 236 valence electrons. The zero-order chi connectivity index (χ0) is 30.9. The van der Waals surface area contributed by atoms with Crippen molar-refractivity contribution in [3.63, 3.8) is 0 Å². The van der Waals surface area contributed by atoms with Gasteiger partial charge in [-0.3, -0.25) is 19.3 Å². The quantitative estimate of drug-likeness (QED) is 0.291. The minimum atomic E-state index is -0.937. The second kappa shape index (κ2) is 15.2. The van der Waals surface area contributed by atoms with Crippen molar-refractivity contribution in [3.8, 4) is 17.2 Å². The molecule has 1 aromatic heterocycles. The molecule has 1 saturated heterocycles. The highest BCUT2D eigenvalue weighted by Gasteiger charge is 2.47. The van der Waals surface area contributed by atoms with Gasteiger partial charge < -0.3 is 33.7 Å². The molecule has 4 rings (SSSR count). The fraction of sp³-hybridized carbons (Fsp3) is 0.594. The van der Waals surface area contributed by atoms with Crippen LogP contribution in [0.5, 0.6) is 17.2 Å². The van der Waals surface area contributed by atoms with Gasteiger partial charge in [-0.1, -0.05) is 19.4 Å². The molecule has 1 unspecified atom stereocenters. The van der Waals surface area contributed by atoms with Crippen LogP contribution in [0.15, 0.2) is 41.3 Å². The molecule has 1 amide bonds. The van der Waals surface area contributed by atoms with Crippen molar-refractivity contribution in [1.29, 1.82) is 0 Å². The molecule has 3 atom stereocenters. The standard InChI is InChI=1S/C32H46N4O7/c1-5-6-14-34(16-10-9-13-33(2)3)29(38)21-36-20-24(23-18-26(41-4)31-27(19-23)42-22-43-31)30(32(39)40)25(36)12-17-35-15-8-7-11-28(35)37/h7-8,11,15,18-19,24-25,30H,5-6,9-10,12-14,16-17,20-22H2,1-4H3,(H,39,40)/t24-,25+,30?/m1/s1. The van der Waals surface area contributed by atoms with Crippen LogP contribution in [0.25, 0.3) is 0 Å². The lowest BCUT2D eigenvalue weighted by Crippen LogP contribution is -2.45. The van der Waals surface area contributed by atoms with Gasteiger partial charge >= 0.3 is 5.97 Å². The average molecular weight is 599 g/mol. The van der Waals surface area contributed by atoms with Gasteiger partial charge in [0.05, 0.1) is 19.6 Å². The van der Waals surface area contributed by atoms with Gasteiger partial charge in [-0.25, -0.2) is 0 Å². The molecular weight excluding hydrogens is 552 g/mol. The van der Waals surface area contributed by atoms with Crippen LogP contribution in [0, 0.1) is 5.92 Å². The van der Waals surface area contributed by atoms with Crippen molar-refractivity contribution in [2.75, 3.05) is 60.7 Å². The number of unbranched alkanes of at least 4 members (excludes halogenated alkanes) is 2. The number of rotatable bonds is 16. The number of amides is 1. The number of methoxy groups -OCH3 is 1. The Morgan fingerprint density at radius 3 is 2.56 bits per heavy atom. The van der Waals surface area contributed by atoms with Crippen LogP contribution < -0.4 is 19.8 Å². The Morgan fingerprint density at radius 1 is 1.09 bits per heavy atom. The van der Waals surface area contributed by atoms with Crippen LogP contribution in [-0.2, 0) is 16.1 Å². The van der Waals surface area contributed by atoms with Crippen molar-refractivity contribution in [1.82, 2.24) is 19.3 Å². The van der Waals surface area contributed by atoms with Gasteiger partial charge in [-0.05, 0) is 70.1 Å². The van der Waals surface area contributed by atoms with Crippen LogP contribution in [0.4, 0.5) is 0 Å². The van der Waals surface area contributed by atoms with Crippen molar-refractivity contribution >= 4 is 11.9 Å². The molecule has 2 aromatic rings. The van der Waals surface area contributed by atoms with Gasteiger partial charge in [0.1, 0.15) is 0 Å². The first-order valence-electron chi connectivity index (χ1n) is 15.3. The highest BCUT2D eigenvalue weighted by Crippen LogP contribution is 2.47. The number of aryl methyl sites for hydroxylation is 1. The molecule has 0 aliphatic carbocycles. The molecule has 1 N–H and O–H groups in total. The van der Waals surface area contributed by atoms with E-state index in [1.54, 1.807) is 30.0 Å². The number of aliphatic carboxylic acids is 1. The minimum Gasteiger partial charge on any atom is -0.493 e. The zero-order valence-electron chi connectivity index (χ0n) is 25.9. The van der Waals surface area contributed by atoms with Gasteiger partial charge in [-0.15, -0.1) is 0 Å². The third-order valence-corrected chi connectivity index (χ3v) is 8.46. The summed E-state index contributed by atoms with van der Waals surface area (Å²) < 4.78 is 18.3. The number of nitrogens with zero attached hydrogens (tertiary/aromatic N) is 4. The second-order valence-electron chi connectivity index (χ2n) is 11.7. The Labute approximate surface area is 253 Å². The summed E-state index contributed by atoms with van der Waals surface area (Å²) in [4.78, 5) is 45.2. The fourth-order valence-corrected chi connectivity index (χ4v) is 6.19. The molecule has 2 aliphatic heterocycles. The number of aromatic nitrogens is 1. The predicted molar refractivity (Wildman–Crippen MR) is 163 cm³/mol. The first kappa shape index (κ1) is 32.3. The van der Waals surface area contributed by atoms with Crippen LogP contribution >= 0.6 is 0 Å². The van der Waals surface area contributed by atoms with Gasteiger partial charge in [0.25, 0.3) is 0 Å². The lowest BCUT2D eigenvalue weighted by atomic mass is 9.84. The molecule has 0 saturated carbocycles. The summed E-state index contributed by atoms with van der Waals surface area (Å²) in [7, 11) is 5.63. The third kappa shape index (κ3) is 8.08. The summed E-state index contributed by atoms with van der Waals surface area (Å²) in [6.45, 7) is 5.34. The first-order chi connectivity index (χ1) is 20.7. The maximum Gasteiger partial charge on any atom is 0.308 e. The number of carboxylic acids is 1. The fourth-order valence-electron chi connectivity index (χ4n) is 6.19. The summed E-state index contributed by atoms with van der Waals surface area (Å²) >= 11 is 0. The summed E-state index contributed by atoms with van der Waals surface area (Å²) in [5.41, 5.74) is 0.618. The van der Waals surface area contributed by atoms with E-state index in [9.17, 15) is 19.5 Å². The Bertz CT molecular complexity index is 1300. The van der Waals surface area contributed by atoms with Gasteiger partial charge in [0.15, 0.2) is 11.5 Å². The van der Waals surface area contributed by atoms with E-state index >= 15 is 0 Å². The zero-order valence-corrected chi connectivity index (χ0v) is 25.9. The van der Waals surface area contributed by atoms with Gasteiger partial charge in [-0.2, -0.15) is 0 Å². The molecule has 43 heavy (non-hydrogen) atoms. The monoisotopic (exact) mass is 598 g/mol. The molecule has 1 aromatic carbocycles. The maximum absolute atomic E-state index is 13.8. The number of carboxylic acid groups (broad SMARTS) is 1. The van der Waals surface area contributed by atoms with Crippen molar-refractivity contribution in [2.45, 2.75) is 57.5 Å². The molecule has 0 spiro atoms. The lowest BCUT2D eigenvalue weighted by molar-refractivity contribution is -0.144. The number of carbonyl (C=O) groups excluding carboxylic acids is 1. The largest absolute Gasteiger partial charge is 0.493 e. The Balaban J connectivity index is 1.61. The van der Waals surface area contributed by atoms with E-state index in [1.807, 2.05) is 36.0 Å². The van der Waals surface area contributed by atoms with Crippen LogP contribution in [0.1, 0.15) is 50.5 Å². The lowest BCUT2D eigenvalue weighted by Gasteiger charge is -2.30. The molecule has 11 heteroatoms. The van der Waals surface area contributed by atoms with Crippen molar-refractivity contribution in [2.24, 2.45) is 5.92 Å². The van der Waals surface area contributed by atoms with E-state index in [-0.39, 0.29) is 24.8 Å². The van der Waals surface area contributed by atoms with Gasteiger partial charge in [0, 0.05) is 50.4 Å². The SMILES string of the molecule is CCCCN(CCCCN(C)C)C(=O)CN1C[C@H](c2cc(OC)c3c(c2)OCO3)C(C(=O)O)[C@@H]1CCn1ccccc1=O. The molecule has 3 heterocycles. The molecule has 0 radical (unpaired) electrons. The Morgan fingerprint density at radius 2 is 1.86 bits per heavy atom. The number of hydrogen-bond donors (Lipinski definition) is 1. The van der Waals surface area contributed by atoms with Crippen LogP contribution in [0.3, 0.4) is 0 Å². The van der Waals surface area contributed by atoms with Gasteiger partial charge in [0.2, 0.25) is 24.0 Å². The van der Waals surface area contributed by atoms with E-state index in [2.05, 4.69) is 11.8 Å². The van der Waals surface area contributed by atoms with E-state index in [4.69, 9.17) is 14.2 Å². The Kier molecular flexibility index (Phi) is 11.5. The normalized spacial score (nSPS) is 19.6. The summed E-state index contributed by atoms with van der Waals surface area (Å²) in [6, 6.07) is 8.15. The summed E-state index contributed by atoms with van der Waals surface area (Å²) in [6.07, 6.45) is 5.92. The van der Waals surface area contributed by atoms with Crippen molar-refractivity contribution in [3.05, 3.63) is 52.4 Å². The average Bonchev–Trinajstić information content (AvgIpc) is 3.60. The van der Waals surface area contributed by atoms with E-state index in [0.29, 0.717) is 49.8 Å². The number of carbonyl (C=O) groups is 2. The topological polar surface area (TPSA) is 114 Å². The smallest absolute Gasteiger partial charge is 0.308 e. The molecular formula is C32H46N4O7. The minimum absolute atomic E-state index is 0.00763. The van der Waals surface area contributed by atoms with E-state index in [1.165, 1.54) is 6.07 Å². The van der Waals surface area contributed by atoms with E-state index < -0.39 is 23.8 Å². The third-order valence-electron chi connectivity index (χ3n) is 8.46. The van der Waals surface area contributed by atoms with E-state index in [0.717, 1.165) is 37.8 Å². The molecule has 11 nitrogen and oxygen atoms in total. The van der Waals surface area contributed by atoms with Crippen LogP contribution in [-0.4, -0.2) is 103 Å². The number of ether oxygens (including phenoxy) is 3. The molecule has 2 aliphatic rings. The second-order valence-corrected chi connectivity index (χ2v) is 11.7. The molecule has 0 bridgehead atoms. The highest BCUT2D eigenvalue weighted by molar-refractivity contribution is 5.79.